The van der Waals surface area contributed by atoms with Crippen LogP contribution in [-0.4, -0.2) is 48.9 Å². The number of aromatic amines is 1. The monoisotopic (exact) mass is 570 g/mol. The third-order valence-electron chi connectivity index (χ3n) is 5.21. The van der Waals surface area contributed by atoms with E-state index in [1.165, 1.54) is 23.8 Å². The molecular weight excluding hydrogens is 551 g/mol. The van der Waals surface area contributed by atoms with Gasteiger partial charge in [0.25, 0.3) is 0 Å². The third kappa shape index (κ3) is 5.14. The largest absolute Gasteiger partial charge is 0.298 e. The first kappa shape index (κ1) is 26.9. The van der Waals surface area contributed by atoms with Gasteiger partial charge in [0.05, 0.1) is 27.4 Å². The molecule has 0 spiro atoms. The summed E-state index contributed by atoms with van der Waals surface area (Å²) < 4.78 is 49.5. The van der Waals surface area contributed by atoms with Gasteiger partial charge in [0.1, 0.15) is 9.86 Å². The van der Waals surface area contributed by atoms with E-state index in [1.807, 2.05) is 22.7 Å². The fourth-order valence-corrected chi connectivity index (χ4v) is 6.13. The number of hydrogen-bond donors (Lipinski definition) is 1. The number of rotatable bonds is 5. The summed E-state index contributed by atoms with van der Waals surface area (Å²) in [7, 11) is -6.56. The van der Waals surface area contributed by atoms with Gasteiger partial charge in [-0.25, -0.2) is 21.8 Å². The lowest BCUT2D eigenvalue weighted by atomic mass is 10.0. The second-order valence-electron chi connectivity index (χ2n) is 7.62. The Morgan fingerprint density at radius 2 is 1.54 bits per heavy atom. The molecule has 4 heterocycles. The van der Waals surface area contributed by atoms with Crippen LogP contribution in [0.15, 0.2) is 76.2 Å². The summed E-state index contributed by atoms with van der Waals surface area (Å²) in [6, 6.07) is 13.8. The van der Waals surface area contributed by atoms with Crippen molar-refractivity contribution in [2.75, 3.05) is 12.5 Å². The van der Waals surface area contributed by atoms with Crippen molar-refractivity contribution >= 4 is 61.5 Å². The molecule has 0 unspecified atom stereocenters. The van der Waals surface area contributed by atoms with E-state index in [-0.39, 0.29) is 29.7 Å². The summed E-state index contributed by atoms with van der Waals surface area (Å²) in [6.45, 7) is 0. The average molecular weight is 572 g/mol. The van der Waals surface area contributed by atoms with Gasteiger partial charge in [0, 0.05) is 41.6 Å². The first-order chi connectivity index (χ1) is 15.6. The molecule has 1 aromatic carbocycles. The highest BCUT2D eigenvalue weighted by Crippen LogP contribution is 2.34. The molecule has 0 aliphatic carbocycles. The highest BCUT2D eigenvalue weighted by molar-refractivity contribution is 7.92. The van der Waals surface area contributed by atoms with E-state index < -0.39 is 19.7 Å². The van der Waals surface area contributed by atoms with Crippen molar-refractivity contribution < 1.29 is 16.8 Å². The second kappa shape index (κ2) is 9.75. The molecule has 5 aromatic rings. The Bertz CT molecular complexity index is 1720. The van der Waals surface area contributed by atoms with Gasteiger partial charge in [-0.3, -0.25) is 9.50 Å². The van der Waals surface area contributed by atoms with Gasteiger partial charge in [0.15, 0.2) is 19.7 Å². The van der Waals surface area contributed by atoms with Crippen molar-refractivity contribution in [2.45, 2.75) is 9.10 Å². The van der Waals surface area contributed by atoms with E-state index in [0.29, 0.717) is 9.90 Å². The van der Waals surface area contributed by atoms with Gasteiger partial charge in [-0.15, -0.1) is 36.2 Å². The van der Waals surface area contributed by atoms with Crippen LogP contribution in [0.25, 0.3) is 38.6 Å². The molecule has 35 heavy (non-hydrogen) atoms. The van der Waals surface area contributed by atoms with E-state index >= 15 is 0 Å². The zero-order chi connectivity index (χ0) is 23.4. The molecule has 0 fully saturated rings. The molecule has 8 nitrogen and oxygen atoms in total. The molecule has 0 saturated carbocycles. The first-order valence-corrected chi connectivity index (χ1v) is 14.3. The van der Waals surface area contributed by atoms with Crippen molar-refractivity contribution in [1.82, 2.24) is 19.6 Å². The van der Waals surface area contributed by atoms with Crippen LogP contribution < -0.4 is 0 Å². The highest BCUT2D eigenvalue weighted by atomic mass is 35.5. The molecule has 5 rings (SSSR count). The van der Waals surface area contributed by atoms with Crippen LogP contribution in [-0.2, 0) is 19.7 Å². The number of pyridine rings is 1. The van der Waals surface area contributed by atoms with Crippen molar-refractivity contribution in [2.24, 2.45) is 0 Å². The predicted molar refractivity (Wildman–Crippen MR) is 142 cm³/mol. The molecule has 0 saturated heterocycles. The predicted octanol–water partition coefficient (Wildman–Crippen LogP) is 4.77. The minimum atomic E-state index is -3.28. The highest BCUT2D eigenvalue weighted by Gasteiger charge is 2.17. The maximum Gasteiger partial charge on any atom is 0.184 e. The lowest BCUT2D eigenvalue weighted by molar-refractivity contribution is 0.601. The number of nitrogens with one attached hydrogen (secondary N) is 1. The summed E-state index contributed by atoms with van der Waals surface area (Å²) in [5.74, 6) is 0. The average Bonchev–Trinajstić information content (AvgIpc) is 3.50. The van der Waals surface area contributed by atoms with E-state index in [1.54, 1.807) is 48.8 Å². The Morgan fingerprint density at radius 1 is 0.857 bits per heavy atom. The number of imidazole rings is 1. The first-order valence-electron chi connectivity index (χ1n) is 9.73. The minimum absolute atomic E-state index is 0. The lowest BCUT2D eigenvalue weighted by Crippen LogP contribution is -1.96. The minimum Gasteiger partial charge on any atom is -0.298 e. The fourth-order valence-electron chi connectivity index (χ4n) is 3.57. The summed E-state index contributed by atoms with van der Waals surface area (Å²) in [6.07, 6.45) is 7.79. The van der Waals surface area contributed by atoms with Gasteiger partial charge in [-0.2, -0.15) is 5.10 Å². The number of aromatic nitrogens is 4. The molecule has 0 atom stereocenters. The molecule has 184 valence electrons. The lowest BCUT2D eigenvalue weighted by Gasteiger charge is -2.06. The van der Waals surface area contributed by atoms with E-state index in [2.05, 4.69) is 15.2 Å². The van der Waals surface area contributed by atoms with Gasteiger partial charge in [-0.1, -0.05) is 12.1 Å². The smallest absolute Gasteiger partial charge is 0.184 e. The Morgan fingerprint density at radius 3 is 2.17 bits per heavy atom. The van der Waals surface area contributed by atoms with Crippen LogP contribution in [0.4, 0.5) is 0 Å². The van der Waals surface area contributed by atoms with Crippen molar-refractivity contribution in [1.29, 1.82) is 0 Å². The maximum atomic E-state index is 11.9. The standard InChI is InChI=1S/C22H18N4O4S3.2ClH/c1-32(27,28)16-6-3-14(4-7-16)22-17(11-24-25-22)15-5-9-20-23-12-18(26(20)13-15)19-8-10-21(31-19)33(2,29)30;;/h3-13H,1-2H3,(H,24,25);2*1H. The zero-order valence-electron chi connectivity index (χ0n) is 18.4. The van der Waals surface area contributed by atoms with Crippen molar-refractivity contribution in [3.63, 3.8) is 0 Å². The molecule has 0 amide bonds. The van der Waals surface area contributed by atoms with Crippen LogP contribution in [0.3, 0.4) is 0 Å². The zero-order valence-corrected chi connectivity index (χ0v) is 22.4. The Kier molecular flexibility index (Phi) is 7.49. The van der Waals surface area contributed by atoms with Crippen LogP contribution in [0.5, 0.6) is 0 Å². The number of hydrogen-bond acceptors (Lipinski definition) is 7. The molecule has 0 radical (unpaired) electrons. The molecule has 13 heteroatoms. The van der Waals surface area contributed by atoms with Crippen LogP contribution in [0.2, 0.25) is 0 Å². The molecule has 0 bridgehead atoms. The van der Waals surface area contributed by atoms with Crippen molar-refractivity contribution in [3.8, 4) is 33.0 Å². The van der Waals surface area contributed by atoms with E-state index in [0.717, 1.165) is 32.9 Å². The number of sulfone groups is 2. The van der Waals surface area contributed by atoms with Gasteiger partial charge < -0.3 is 0 Å². The molecule has 4 aromatic heterocycles. The van der Waals surface area contributed by atoms with Crippen LogP contribution in [0.1, 0.15) is 0 Å². The van der Waals surface area contributed by atoms with Crippen molar-refractivity contribution in [3.05, 3.63) is 67.1 Å². The quantitative estimate of drug-likeness (QED) is 0.325. The number of benzene rings is 1. The van der Waals surface area contributed by atoms with E-state index in [4.69, 9.17) is 0 Å². The van der Waals surface area contributed by atoms with Gasteiger partial charge in [-0.05, 0) is 36.4 Å². The topological polar surface area (TPSA) is 114 Å². The Balaban J connectivity index is 0.00000171. The molecule has 0 aliphatic heterocycles. The number of fused-ring (bicyclic) bond motifs is 1. The summed E-state index contributed by atoms with van der Waals surface area (Å²) in [5, 5.41) is 7.26. The second-order valence-corrected chi connectivity index (χ2v) is 13.0. The van der Waals surface area contributed by atoms with Crippen LogP contribution in [0, 0.1) is 0 Å². The molecule has 0 aliphatic rings. The number of H-pyrrole nitrogens is 1. The molecular formula is C22H20Cl2N4O4S3. The van der Waals surface area contributed by atoms with Crippen LogP contribution >= 0.6 is 36.2 Å². The summed E-state index contributed by atoms with van der Waals surface area (Å²) >= 11 is 1.20. The molecule has 1 N–H and O–H groups in total. The van der Waals surface area contributed by atoms with E-state index in [9.17, 15) is 16.8 Å². The SMILES string of the molecule is CS(=O)(=O)c1ccc(-c2n[nH]cc2-c2ccc3ncc(-c4ccc(S(C)(=O)=O)s4)n3c2)cc1.Cl.Cl. The summed E-state index contributed by atoms with van der Waals surface area (Å²) in [5.41, 5.74) is 4.69. The van der Waals surface area contributed by atoms with Gasteiger partial charge >= 0.3 is 0 Å². The Labute approximate surface area is 218 Å². The normalized spacial score (nSPS) is 11.7. The number of halogens is 2. The Hall–Kier alpha value is -2.70. The number of nitrogens with zero attached hydrogens (tertiary/aromatic N) is 3. The maximum absolute atomic E-state index is 11.9. The van der Waals surface area contributed by atoms with Gasteiger partial charge in [0.2, 0.25) is 0 Å². The fraction of sp³-hybridized carbons (Fsp3) is 0.0909. The summed E-state index contributed by atoms with van der Waals surface area (Å²) in [4.78, 5) is 5.48. The number of thiophene rings is 1. The third-order valence-corrected chi connectivity index (χ3v) is 9.27.